The summed E-state index contributed by atoms with van der Waals surface area (Å²) in [5.41, 5.74) is 0.277. The molecule has 1 aromatic rings. The largest absolute Gasteiger partial charge is 0.496 e. The van der Waals surface area contributed by atoms with Gasteiger partial charge in [0.05, 0.1) is 12.7 Å². The minimum absolute atomic E-state index is 0.277. The molecule has 0 saturated heterocycles. The zero-order valence-corrected chi connectivity index (χ0v) is 16.2. The van der Waals surface area contributed by atoms with Crippen molar-refractivity contribution in [1.82, 2.24) is 16.0 Å². The summed E-state index contributed by atoms with van der Waals surface area (Å²) in [7, 11) is 2.79. The number of hydrogen-bond donors (Lipinski definition) is 3. The van der Waals surface area contributed by atoms with Crippen LogP contribution < -0.4 is 20.7 Å². The summed E-state index contributed by atoms with van der Waals surface area (Å²) < 4.78 is 10.1. The van der Waals surface area contributed by atoms with Gasteiger partial charge in [0.15, 0.2) is 6.61 Å². The van der Waals surface area contributed by atoms with E-state index in [0.717, 1.165) is 0 Å². The lowest BCUT2D eigenvalue weighted by atomic mass is 10.1. The number of para-hydroxylation sites is 1. The van der Waals surface area contributed by atoms with E-state index >= 15 is 0 Å². The summed E-state index contributed by atoms with van der Waals surface area (Å²) in [5.74, 6) is -1.07. The number of ether oxygens (including phenoxy) is 2. The second kappa shape index (κ2) is 11.8. The lowest BCUT2D eigenvalue weighted by Gasteiger charge is -2.18. The van der Waals surface area contributed by atoms with E-state index in [9.17, 15) is 19.2 Å². The van der Waals surface area contributed by atoms with Crippen molar-refractivity contribution in [2.24, 2.45) is 0 Å². The molecule has 3 N–H and O–H groups in total. The number of hydrogen-bond acceptors (Lipinski definition) is 7. The highest BCUT2D eigenvalue weighted by atomic mass is 32.2. The van der Waals surface area contributed by atoms with Crippen LogP contribution in [0.25, 0.3) is 0 Å². The molecule has 27 heavy (non-hydrogen) atoms. The van der Waals surface area contributed by atoms with Gasteiger partial charge in [-0.2, -0.15) is 11.8 Å². The van der Waals surface area contributed by atoms with Gasteiger partial charge in [0.2, 0.25) is 0 Å². The summed E-state index contributed by atoms with van der Waals surface area (Å²) in [6.07, 6.45) is 2.18. The van der Waals surface area contributed by atoms with Gasteiger partial charge in [-0.25, -0.2) is 9.59 Å². The smallest absolute Gasteiger partial charge is 0.329 e. The van der Waals surface area contributed by atoms with Crippen LogP contribution in [0.4, 0.5) is 4.79 Å². The molecule has 0 aliphatic heterocycles. The highest BCUT2D eigenvalue weighted by molar-refractivity contribution is 7.98. The Balaban J connectivity index is 2.73. The number of thioether (sulfide) groups is 1. The van der Waals surface area contributed by atoms with Crippen LogP contribution in [0.3, 0.4) is 0 Å². The van der Waals surface area contributed by atoms with Gasteiger partial charge in [0, 0.05) is 7.05 Å². The molecule has 0 aliphatic rings. The maximum Gasteiger partial charge on any atom is 0.329 e. The van der Waals surface area contributed by atoms with Crippen molar-refractivity contribution >= 4 is 35.6 Å². The lowest BCUT2D eigenvalue weighted by molar-refractivity contribution is -0.150. The van der Waals surface area contributed by atoms with Crippen LogP contribution in [0.15, 0.2) is 24.3 Å². The zero-order valence-electron chi connectivity index (χ0n) is 15.4. The molecule has 4 amide bonds. The molecule has 0 radical (unpaired) electrons. The van der Waals surface area contributed by atoms with Crippen molar-refractivity contribution in [3.05, 3.63) is 29.8 Å². The Hall–Kier alpha value is -2.75. The number of urea groups is 1. The van der Waals surface area contributed by atoms with E-state index in [-0.39, 0.29) is 5.56 Å². The van der Waals surface area contributed by atoms with Gasteiger partial charge >= 0.3 is 12.0 Å². The standard InChI is InChI=1S/C17H23N3O6S/c1-18-17(24)20-14(21)10-26-16(23)12(8-9-27-3)19-15(22)11-6-4-5-7-13(11)25-2/h4-7,12H,8-10H2,1-3H3,(H,19,22)(H2,18,20,21,24)/t12-/m0/s1. The molecule has 1 rings (SSSR count). The third kappa shape index (κ3) is 7.57. The van der Waals surface area contributed by atoms with Crippen molar-refractivity contribution in [2.75, 3.05) is 32.8 Å². The highest BCUT2D eigenvalue weighted by Crippen LogP contribution is 2.17. The Morgan fingerprint density at radius 2 is 1.89 bits per heavy atom. The first-order valence-corrected chi connectivity index (χ1v) is 9.43. The second-order valence-corrected chi connectivity index (χ2v) is 6.23. The fourth-order valence-electron chi connectivity index (χ4n) is 2.02. The first-order valence-electron chi connectivity index (χ1n) is 8.04. The maximum absolute atomic E-state index is 12.5. The summed E-state index contributed by atoms with van der Waals surface area (Å²) in [6.45, 7) is -0.632. The van der Waals surface area contributed by atoms with Gasteiger partial charge < -0.3 is 20.1 Å². The fourth-order valence-corrected chi connectivity index (χ4v) is 2.49. The first-order chi connectivity index (χ1) is 12.9. The van der Waals surface area contributed by atoms with Crippen LogP contribution in [0.2, 0.25) is 0 Å². The number of nitrogens with one attached hydrogen (secondary N) is 3. The van der Waals surface area contributed by atoms with Crippen LogP contribution >= 0.6 is 11.8 Å². The Labute approximate surface area is 161 Å². The number of imide groups is 1. The molecule has 10 heteroatoms. The molecule has 1 aromatic carbocycles. The quantitative estimate of drug-likeness (QED) is 0.520. The van der Waals surface area contributed by atoms with Crippen LogP contribution in [0, 0.1) is 0 Å². The van der Waals surface area contributed by atoms with Gasteiger partial charge in [0.1, 0.15) is 11.8 Å². The predicted octanol–water partition coefficient (Wildman–Crippen LogP) is 0.546. The van der Waals surface area contributed by atoms with Crippen LogP contribution in [-0.4, -0.2) is 62.6 Å². The molecular formula is C17H23N3O6S. The number of esters is 1. The Kier molecular flexibility index (Phi) is 9.73. The molecule has 0 heterocycles. The third-order valence-corrected chi connectivity index (χ3v) is 4.02. The predicted molar refractivity (Wildman–Crippen MR) is 101 cm³/mol. The molecule has 0 spiro atoms. The van der Waals surface area contributed by atoms with E-state index in [1.54, 1.807) is 24.3 Å². The van der Waals surface area contributed by atoms with E-state index in [0.29, 0.717) is 17.9 Å². The molecular weight excluding hydrogens is 374 g/mol. The monoisotopic (exact) mass is 397 g/mol. The minimum Gasteiger partial charge on any atom is -0.496 e. The zero-order chi connectivity index (χ0) is 20.2. The topological polar surface area (TPSA) is 123 Å². The molecule has 0 aromatic heterocycles. The van der Waals surface area contributed by atoms with Crippen molar-refractivity contribution in [3.8, 4) is 5.75 Å². The molecule has 0 unspecified atom stereocenters. The van der Waals surface area contributed by atoms with E-state index in [1.807, 2.05) is 11.6 Å². The number of amides is 4. The van der Waals surface area contributed by atoms with Gasteiger partial charge in [0.25, 0.3) is 11.8 Å². The minimum atomic E-state index is -0.942. The Morgan fingerprint density at radius 3 is 2.52 bits per heavy atom. The van der Waals surface area contributed by atoms with Gasteiger partial charge in [-0.1, -0.05) is 12.1 Å². The summed E-state index contributed by atoms with van der Waals surface area (Å²) in [5, 5.41) is 6.78. The molecule has 0 saturated carbocycles. The highest BCUT2D eigenvalue weighted by Gasteiger charge is 2.24. The molecule has 1 atom stereocenters. The summed E-state index contributed by atoms with van der Waals surface area (Å²) in [4.78, 5) is 47.3. The van der Waals surface area contributed by atoms with E-state index in [1.165, 1.54) is 25.9 Å². The number of carbonyl (C=O) groups is 4. The molecule has 9 nitrogen and oxygen atoms in total. The molecule has 148 valence electrons. The van der Waals surface area contributed by atoms with E-state index < -0.39 is 36.5 Å². The van der Waals surface area contributed by atoms with Gasteiger partial charge in [-0.3, -0.25) is 14.9 Å². The number of methoxy groups -OCH3 is 1. The number of benzene rings is 1. The Morgan fingerprint density at radius 1 is 1.19 bits per heavy atom. The average Bonchev–Trinajstić information content (AvgIpc) is 2.68. The van der Waals surface area contributed by atoms with Crippen molar-refractivity contribution in [3.63, 3.8) is 0 Å². The van der Waals surface area contributed by atoms with Crippen LogP contribution in [0.1, 0.15) is 16.8 Å². The van der Waals surface area contributed by atoms with Crippen molar-refractivity contribution < 1.29 is 28.7 Å². The number of carbonyl (C=O) groups excluding carboxylic acids is 4. The average molecular weight is 397 g/mol. The van der Waals surface area contributed by atoms with Gasteiger partial charge in [-0.05, 0) is 30.6 Å². The van der Waals surface area contributed by atoms with Crippen molar-refractivity contribution in [2.45, 2.75) is 12.5 Å². The normalized spacial score (nSPS) is 11.1. The third-order valence-electron chi connectivity index (χ3n) is 3.38. The first kappa shape index (κ1) is 22.3. The van der Waals surface area contributed by atoms with Crippen LogP contribution in [0.5, 0.6) is 5.75 Å². The SMILES string of the molecule is CNC(=O)NC(=O)COC(=O)[C@H](CCSC)NC(=O)c1ccccc1OC. The Bertz CT molecular complexity index is 682. The molecule has 0 aliphatic carbocycles. The summed E-state index contributed by atoms with van der Waals surface area (Å²) in [6, 6.07) is 4.95. The van der Waals surface area contributed by atoms with Gasteiger partial charge in [-0.15, -0.1) is 0 Å². The van der Waals surface area contributed by atoms with Crippen LogP contribution in [-0.2, 0) is 14.3 Å². The second-order valence-electron chi connectivity index (χ2n) is 5.24. The summed E-state index contributed by atoms with van der Waals surface area (Å²) >= 11 is 1.50. The number of rotatable bonds is 9. The fraction of sp³-hybridized carbons (Fsp3) is 0.412. The lowest BCUT2D eigenvalue weighted by Crippen LogP contribution is -2.44. The maximum atomic E-state index is 12.5. The molecule has 0 fully saturated rings. The molecule has 0 bridgehead atoms. The van der Waals surface area contributed by atoms with Crippen molar-refractivity contribution in [1.29, 1.82) is 0 Å². The van der Waals surface area contributed by atoms with E-state index in [4.69, 9.17) is 9.47 Å². The van der Waals surface area contributed by atoms with E-state index in [2.05, 4.69) is 10.6 Å².